The predicted octanol–water partition coefficient (Wildman–Crippen LogP) is 2.57. The average molecular weight is 228 g/mol. The molecule has 1 heterocycles. The van der Waals surface area contributed by atoms with Gasteiger partial charge in [-0.1, -0.05) is 18.3 Å². The van der Waals surface area contributed by atoms with E-state index < -0.39 is 0 Å². The first-order valence-electron chi connectivity index (χ1n) is 5.23. The van der Waals surface area contributed by atoms with E-state index in [-0.39, 0.29) is 12.1 Å². The summed E-state index contributed by atoms with van der Waals surface area (Å²) < 4.78 is 0. The minimum atomic E-state index is 0.0872. The summed E-state index contributed by atoms with van der Waals surface area (Å²) in [6.07, 6.45) is 1.07. The maximum absolute atomic E-state index is 9.13. The predicted molar refractivity (Wildman–Crippen MR) is 65.5 cm³/mol. The molecule has 1 rings (SSSR count). The summed E-state index contributed by atoms with van der Waals surface area (Å²) in [6, 6.07) is 0. The van der Waals surface area contributed by atoms with E-state index in [1.54, 1.807) is 11.3 Å². The lowest BCUT2D eigenvalue weighted by atomic mass is 10.0. The molecule has 0 aromatic carbocycles. The van der Waals surface area contributed by atoms with Crippen LogP contribution in [0.4, 0.5) is 5.13 Å². The molecule has 1 N–H and O–H groups in total. The molecule has 4 heteroatoms. The second-order valence-electron chi connectivity index (χ2n) is 4.39. The highest BCUT2D eigenvalue weighted by molar-refractivity contribution is 7.15. The Morgan fingerprint density at radius 2 is 2.07 bits per heavy atom. The number of thiazole rings is 1. The Labute approximate surface area is 95.8 Å². The minimum Gasteiger partial charge on any atom is -0.391 e. The van der Waals surface area contributed by atoms with Crippen LogP contribution < -0.4 is 4.90 Å². The molecular formula is C11H20N2OS. The Morgan fingerprint density at radius 1 is 1.47 bits per heavy atom. The molecule has 0 atom stereocenters. The summed E-state index contributed by atoms with van der Waals surface area (Å²) in [5.74, 6) is 0. The van der Waals surface area contributed by atoms with Gasteiger partial charge < -0.3 is 10.0 Å². The van der Waals surface area contributed by atoms with Crippen molar-refractivity contribution < 1.29 is 5.11 Å². The molecule has 0 aliphatic rings. The third-order valence-corrected chi connectivity index (χ3v) is 4.30. The molecule has 0 amide bonds. The van der Waals surface area contributed by atoms with Crippen LogP contribution >= 0.6 is 11.3 Å². The topological polar surface area (TPSA) is 36.4 Å². The summed E-state index contributed by atoms with van der Waals surface area (Å²) >= 11 is 1.57. The van der Waals surface area contributed by atoms with Gasteiger partial charge in [-0.3, -0.25) is 0 Å². The lowest BCUT2D eigenvalue weighted by Gasteiger charge is -2.34. The first-order valence-corrected chi connectivity index (χ1v) is 6.05. The van der Waals surface area contributed by atoms with Crippen molar-refractivity contribution in [3.05, 3.63) is 10.6 Å². The van der Waals surface area contributed by atoms with Crippen molar-refractivity contribution in [1.82, 2.24) is 4.98 Å². The Bertz CT molecular complexity index is 333. The largest absolute Gasteiger partial charge is 0.391 e. The van der Waals surface area contributed by atoms with Crippen LogP contribution in [0.5, 0.6) is 0 Å². The summed E-state index contributed by atoms with van der Waals surface area (Å²) in [5.41, 5.74) is 1.05. The fraction of sp³-hybridized carbons (Fsp3) is 0.727. The summed E-state index contributed by atoms with van der Waals surface area (Å²) in [7, 11) is 2.06. The van der Waals surface area contributed by atoms with Crippen molar-refractivity contribution >= 4 is 16.5 Å². The highest BCUT2D eigenvalue weighted by atomic mass is 32.1. The Balaban J connectivity index is 2.96. The van der Waals surface area contributed by atoms with Crippen LogP contribution in [0.3, 0.4) is 0 Å². The number of hydrogen-bond acceptors (Lipinski definition) is 4. The zero-order valence-electron chi connectivity index (χ0n) is 10.2. The van der Waals surface area contributed by atoms with E-state index in [4.69, 9.17) is 5.11 Å². The number of aromatic nitrogens is 1. The van der Waals surface area contributed by atoms with Crippen LogP contribution in [-0.2, 0) is 6.61 Å². The van der Waals surface area contributed by atoms with Gasteiger partial charge in [0.15, 0.2) is 5.13 Å². The van der Waals surface area contributed by atoms with Gasteiger partial charge in [0.25, 0.3) is 0 Å². The first-order chi connectivity index (χ1) is 6.92. The first kappa shape index (κ1) is 12.5. The van der Waals surface area contributed by atoms with Crippen LogP contribution in [0.15, 0.2) is 0 Å². The standard InChI is InChI=1S/C11H20N2OS/c1-6-11(3,4)13(5)10-12-8(2)9(7-14)15-10/h14H,6-7H2,1-5H3. The second kappa shape index (κ2) is 4.49. The van der Waals surface area contributed by atoms with Crippen molar-refractivity contribution in [2.24, 2.45) is 0 Å². The number of hydrogen-bond donors (Lipinski definition) is 1. The van der Waals surface area contributed by atoms with Gasteiger partial charge in [-0.2, -0.15) is 0 Å². The van der Waals surface area contributed by atoms with E-state index >= 15 is 0 Å². The van der Waals surface area contributed by atoms with Gasteiger partial charge in [0.2, 0.25) is 0 Å². The van der Waals surface area contributed by atoms with Gasteiger partial charge >= 0.3 is 0 Å². The molecule has 86 valence electrons. The summed E-state index contributed by atoms with van der Waals surface area (Å²) in [5, 5.41) is 10.1. The zero-order chi connectivity index (χ0) is 11.6. The fourth-order valence-electron chi connectivity index (χ4n) is 1.20. The zero-order valence-corrected chi connectivity index (χ0v) is 11.0. The summed E-state index contributed by atoms with van der Waals surface area (Å²) in [4.78, 5) is 7.63. The van der Waals surface area contributed by atoms with Gasteiger partial charge in [-0.15, -0.1) is 0 Å². The number of rotatable bonds is 4. The molecule has 15 heavy (non-hydrogen) atoms. The minimum absolute atomic E-state index is 0.0872. The molecule has 0 saturated carbocycles. The SMILES string of the molecule is CCC(C)(C)N(C)c1nc(C)c(CO)s1. The summed E-state index contributed by atoms with van der Waals surface area (Å²) in [6.45, 7) is 8.59. The molecule has 0 aliphatic carbocycles. The van der Waals surface area contributed by atoms with Gasteiger partial charge in [0.05, 0.1) is 17.2 Å². The lowest BCUT2D eigenvalue weighted by Crippen LogP contribution is -2.40. The van der Waals surface area contributed by atoms with Crippen molar-refractivity contribution in [2.45, 2.75) is 46.3 Å². The van der Waals surface area contributed by atoms with E-state index in [1.807, 2.05) is 6.92 Å². The van der Waals surface area contributed by atoms with Crippen molar-refractivity contribution in [2.75, 3.05) is 11.9 Å². The molecule has 0 unspecified atom stereocenters. The van der Waals surface area contributed by atoms with Crippen molar-refractivity contribution in [1.29, 1.82) is 0 Å². The smallest absolute Gasteiger partial charge is 0.186 e. The van der Waals surface area contributed by atoms with Crippen LogP contribution in [0, 0.1) is 6.92 Å². The van der Waals surface area contributed by atoms with Crippen LogP contribution in [-0.4, -0.2) is 22.7 Å². The number of aliphatic hydroxyl groups excluding tert-OH is 1. The Morgan fingerprint density at radius 3 is 2.47 bits per heavy atom. The molecular weight excluding hydrogens is 208 g/mol. The monoisotopic (exact) mass is 228 g/mol. The van der Waals surface area contributed by atoms with E-state index in [9.17, 15) is 0 Å². The molecule has 1 aromatic rings. The van der Waals surface area contributed by atoms with E-state index in [1.165, 1.54) is 0 Å². The van der Waals surface area contributed by atoms with Crippen LogP contribution in [0.1, 0.15) is 37.8 Å². The molecule has 0 radical (unpaired) electrons. The molecule has 0 spiro atoms. The molecule has 0 fully saturated rings. The van der Waals surface area contributed by atoms with E-state index in [2.05, 4.69) is 37.7 Å². The Kier molecular flexibility index (Phi) is 3.73. The number of nitrogens with zero attached hydrogens (tertiary/aromatic N) is 2. The average Bonchev–Trinajstić information content (AvgIpc) is 2.58. The molecule has 3 nitrogen and oxygen atoms in total. The fourth-order valence-corrected chi connectivity index (χ4v) is 2.24. The third-order valence-electron chi connectivity index (χ3n) is 3.09. The normalized spacial score (nSPS) is 11.9. The third kappa shape index (κ3) is 2.49. The van der Waals surface area contributed by atoms with E-state index in [0.29, 0.717) is 0 Å². The van der Waals surface area contributed by atoms with Gasteiger partial charge in [-0.05, 0) is 27.2 Å². The van der Waals surface area contributed by atoms with Gasteiger partial charge in [0.1, 0.15) is 0 Å². The molecule has 0 bridgehead atoms. The van der Waals surface area contributed by atoms with E-state index in [0.717, 1.165) is 22.1 Å². The number of aliphatic hydroxyl groups is 1. The lowest BCUT2D eigenvalue weighted by molar-refractivity contribution is 0.284. The van der Waals surface area contributed by atoms with Crippen LogP contribution in [0.25, 0.3) is 0 Å². The van der Waals surface area contributed by atoms with Crippen molar-refractivity contribution in [3.63, 3.8) is 0 Å². The van der Waals surface area contributed by atoms with Crippen molar-refractivity contribution in [3.8, 4) is 0 Å². The van der Waals surface area contributed by atoms with Gasteiger partial charge in [0, 0.05) is 12.6 Å². The molecule has 0 aliphatic heterocycles. The highest BCUT2D eigenvalue weighted by Crippen LogP contribution is 2.30. The quantitative estimate of drug-likeness (QED) is 0.860. The highest BCUT2D eigenvalue weighted by Gasteiger charge is 2.24. The Hall–Kier alpha value is -0.610. The maximum Gasteiger partial charge on any atom is 0.186 e. The molecule has 0 saturated heterocycles. The van der Waals surface area contributed by atoms with Gasteiger partial charge in [-0.25, -0.2) is 4.98 Å². The number of anilines is 1. The second-order valence-corrected chi connectivity index (χ2v) is 5.45. The number of aryl methyl sites for hydroxylation is 1. The van der Waals surface area contributed by atoms with Crippen LogP contribution in [0.2, 0.25) is 0 Å². The molecule has 1 aromatic heterocycles. The maximum atomic E-state index is 9.13.